The highest BCUT2D eigenvalue weighted by Crippen LogP contribution is 2.17. The highest BCUT2D eigenvalue weighted by atomic mass is 19.1. The molecule has 1 aromatic rings. The molecule has 0 radical (unpaired) electrons. The van der Waals surface area contributed by atoms with Crippen LogP contribution in [-0.4, -0.2) is 22.7 Å². The summed E-state index contributed by atoms with van der Waals surface area (Å²) in [6, 6.07) is 3.83. The molecule has 100 valence electrons. The molecule has 0 saturated heterocycles. The first kappa shape index (κ1) is 14.5. The van der Waals surface area contributed by atoms with Gasteiger partial charge in [-0.25, -0.2) is 0 Å². The number of benzene rings is 1. The van der Waals surface area contributed by atoms with Gasteiger partial charge < -0.3 is 10.4 Å². The predicted molar refractivity (Wildman–Crippen MR) is 65.7 cm³/mol. The highest BCUT2D eigenvalue weighted by molar-refractivity contribution is 5.34. The summed E-state index contributed by atoms with van der Waals surface area (Å²) in [5.41, 5.74) is 0.129. The van der Waals surface area contributed by atoms with E-state index in [-0.39, 0.29) is 6.10 Å². The standard InChI is InChI=1S/C12H17FN2O3/c1-2-10(16)5-6-14-8-9-3-4-12(15(17)18)11(13)7-9/h3-4,7,10,14,16H,2,5-6,8H2,1H3. The highest BCUT2D eigenvalue weighted by Gasteiger charge is 2.13. The average Bonchev–Trinajstić information content (AvgIpc) is 2.34. The van der Waals surface area contributed by atoms with Gasteiger partial charge >= 0.3 is 5.69 Å². The molecule has 5 nitrogen and oxygen atoms in total. The summed E-state index contributed by atoms with van der Waals surface area (Å²) < 4.78 is 13.3. The molecule has 0 aromatic heterocycles. The van der Waals surface area contributed by atoms with Gasteiger partial charge in [0, 0.05) is 12.6 Å². The van der Waals surface area contributed by atoms with Gasteiger partial charge in [-0.15, -0.1) is 0 Å². The van der Waals surface area contributed by atoms with Gasteiger partial charge in [-0.2, -0.15) is 4.39 Å². The van der Waals surface area contributed by atoms with Gasteiger partial charge in [0.1, 0.15) is 0 Å². The largest absolute Gasteiger partial charge is 0.393 e. The lowest BCUT2D eigenvalue weighted by Crippen LogP contribution is -2.19. The Labute approximate surface area is 105 Å². The molecule has 0 heterocycles. The number of nitrogens with one attached hydrogen (secondary N) is 1. The van der Waals surface area contributed by atoms with E-state index in [1.807, 2.05) is 6.92 Å². The maximum atomic E-state index is 13.3. The van der Waals surface area contributed by atoms with E-state index in [4.69, 9.17) is 0 Å². The Morgan fingerprint density at radius 2 is 2.28 bits per heavy atom. The fraction of sp³-hybridized carbons (Fsp3) is 0.500. The molecule has 1 unspecified atom stereocenters. The van der Waals surface area contributed by atoms with E-state index in [9.17, 15) is 19.6 Å². The summed E-state index contributed by atoms with van der Waals surface area (Å²) in [6.07, 6.45) is 1.01. The SMILES string of the molecule is CCC(O)CCNCc1ccc([N+](=O)[O-])c(F)c1. The van der Waals surface area contributed by atoms with E-state index in [0.717, 1.165) is 12.1 Å². The summed E-state index contributed by atoms with van der Waals surface area (Å²) in [6.45, 7) is 2.94. The molecule has 2 N–H and O–H groups in total. The summed E-state index contributed by atoms with van der Waals surface area (Å²) in [5.74, 6) is -0.826. The van der Waals surface area contributed by atoms with Gasteiger partial charge in [0.15, 0.2) is 0 Å². The van der Waals surface area contributed by atoms with Crippen LogP contribution in [-0.2, 0) is 6.54 Å². The first-order valence-corrected chi connectivity index (χ1v) is 5.86. The Balaban J connectivity index is 2.44. The van der Waals surface area contributed by atoms with E-state index in [2.05, 4.69) is 5.32 Å². The molecule has 1 rings (SSSR count). The molecule has 0 amide bonds. The number of aliphatic hydroxyl groups is 1. The van der Waals surface area contributed by atoms with Crippen LogP contribution in [0, 0.1) is 15.9 Å². The maximum Gasteiger partial charge on any atom is 0.304 e. The number of nitro benzene ring substituents is 1. The lowest BCUT2D eigenvalue weighted by molar-refractivity contribution is -0.387. The van der Waals surface area contributed by atoms with Crippen molar-refractivity contribution in [2.75, 3.05) is 6.54 Å². The first-order chi connectivity index (χ1) is 8.54. The molecule has 0 saturated carbocycles. The van der Waals surface area contributed by atoms with Gasteiger partial charge in [0.2, 0.25) is 5.82 Å². The zero-order valence-corrected chi connectivity index (χ0v) is 10.2. The third kappa shape index (κ3) is 4.38. The molecule has 6 heteroatoms. The first-order valence-electron chi connectivity index (χ1n) is 5.86. The smallest absolute Gasteiger partial charge is 0.304 e. The van der Waals surface area contributed by atoms with Crippen LogP contribution in [0.15, 0.2) is 18.2 Å². The number of rotatable bonds is 7. The second kappa shape index (κ2) is 7.03. The number of nitro groups is 1. The number of aliphatic hydroxyl groups excluding tert-OH is 1. The Bertz CT molecular complexity index is 412. The molecular formula is C12H17FN2O3. The quantitative estimate of drug-likeness (QED) is 0.444. The van der Waals surface area contributed by atoms with Crippen LogP contribution in [0.3, 0.4) is 0 Å². The molecule has 0 fully saturated rings. The predicted octanol–water partition coefficient (Wildman–Crippen LogP) is 1.98. The van der Waals surface area contributed by atoms with Gasteiger partial charge in [-0.05, 0) is 31.0 Å². The van der Waals surface area contributed by atoms with Crippen molar-refractivity contribution in [2.24, 2.45) is 0 Å². The second-order valence-electron chi connectivity index (χ2n) is 4.07. The van der Waals surface area contributed by atoms with Crippen LogP contribution in [0.25, 0.3) is 0 Å². The minimum atomic E-state index is -0.826. The van der Waals surface area contributed by atoms with Gasteiger partial charge in [0.25, 0.3) is 0 Å². The fourth-order valence-corrected chi connectivity index (χ4v) is 1.51. The molecule has 1 atom stereocenters. The van der Waals surface area contributed by atoms with Crippen molar-refractivity contribution in [1.82, 2.24) is 5.32 Å². The monoisotopic (exact) mass is 256 g/mol. The van der Waals surface area contributed by atoms with Crippen molar-refractivity contribution in [3.05, 3.63) is 39.7 Å². The van der Waals surface area contributed by atoms with Crippen molar-refractivity contribution in [2.45, 2.75) is 32.4 Å². The topological polar surface area (TPSA) is 75.4 Å². The Morgan fingerprint density at radius 3 is 2.83 bits per heavy atom. The van der Waals surface area contributed by atoms with Crippen LogP contribution >= 0.6 is 0 Å². The van der Waals surface area contributed by atoms with E-state index in [1.165, 1.54) is 6.07 Å². The van der Waals surface area contributed by atoms with Crippen LogP contribution < -0.4 is 5.32 Å². The summed E-state index contributed by atoms with van der Waals surface area (Å²) in [7, 11) is 0. The Kier molecular flexibility index (Phi) is 5.67. The van der Waals surface area contributed by atoms with Gasteiger partial charge in [-0.1, -0.05) is 13.0 Å². The number of hydrogen-bond donors (Lipinski definition) is 2. The average molecular weight is 256 g/mol. The lowest BCUT2D eigenvalue weighted by atomic mass is 10.2. The molecule has 0 bridgehead atoms. The van der Waals surface area contributed by atoms with Crippen molar-refractivity contribution in [1.29, 1.82) is 0 Å². The summed E-state index contributed by atoms with van der Waals surface area (Å²) in [5, 5.41) is 22.8. The normalized spacial score (nSPS) is 12.4. The van der Waals surface area contributed by atoms with E-state index >= 15 is 0 Å². The van der Waals surface area contributed by atoms with Crippen LogP contribution in [0.1, 0.15) is 25.3 Å². The van der Waals surface area contributed by atoms with E-state index in [1.54, 1.807) is 0 Å². The second-order valence-corrected chi connectivity index (χ2v) is 4.07. The minimum Gasteiger partial charge on any atom is -0.393 e. The molecule has 0 aliphatic rings. The molecule has 0 aliphatic carbocycles. The zero-order chi connectivity index (χ0) is 13.5. The summed E-state index contributed by atoms with van der Waals surface area (Å²) >= 11 is 0. The van der Waals surface area contributed by atoms with Crippen molar-refractivity contribution >= 4 is 5.69 Å². The van der Waals surface area contributed by atoms with Crippen LogP contribution in [0.2, 0.25) is 0 Å². The van der Waals surface area contributed by atoms with Gasteiger partial charge in [0.05, 0.1) is 11.0 Å². The third-order valence-corrected chi connectivity index (χ3v) is 2.66. The van der Waals surface area contributed by atoms with Crippen molar-refractivity contribution in [3.63, 3.8) is 0 Å². The number of halogens is 1. The Hall–Kier alpha value is -1.53. The zero-order valence-electron chi connectivity index (χ0n) is 10.2. The molecule has 0 aliphatic heterocycles. The van der Waals surface area contributed by atoms with Crippen molar-refractivity contribution in [3.8, 4) is 0 Å². The lowest BCUT2D eigenvalue weighted by Gasteiger charge is -2.08. The molecular weight excluding hydrogens is 239 g/mol. The van der Waals surface area contributed by atoms with Crippen molar-refractivity contribution < 1.29 is 14.4 Å². The molecule has 0 spiro atoms. The number of hydrogen-bond acceptors (Lipinski definition) is 4. The van der Waals surface area contributed by atoms with E-state index in [0.29, 0.717) is 31.5 Å². The molecule has 18 heavy (non-hydrogen) atoms. The number of nitrogens with zero attached hydrogens (tertiary/aromatic N) is 1. The Morgan fingerprint density at radius 1 is 1.56 bits per heavy atom. The maximum absolute atomic E-state index is 13.3. The summed E-state index contributed by atoms with van der Waals surface area (Å²) in [4.78, 5) is 9.68. The van der Waals surface area contributed by atoms with Gasteiger partial charge in [-0.3, -0.25) is 10.1 Å². The van der Waals surface area contributed by atoms with E-state index < -0.39 is 16.4 Å². The van der Waals surface area contributed by atoms with Crippen LogP contribution in [0.4, 0.5) is 10.1 Å². The fourth-order valence-electron chi connectivity index (χ4n) is 1.51. The molecule has 1 aromatic carbocycles. The third-order valence-electron chi connectivity index (χ3n) is 2.66. The van der Waals surface area contributed by atoms with Crippen LogP contribution in [0.5, 0.6) is 0 Å². The minimum absolute atomic E-state index is 0.328.